The molecule has 0 bridgehead atoms. The van der Waals surface area contributed by atoms with E-state index in [2.05, 4.69) is 0 Å². The van der Waals surface area contributed by atoms with Gasteiger partial charge in [0, 0.05) is 6.54 Å². The van der Waals surface area contributed by atoms with Crippen molar-refractivity contribution in [1.82, 2.24) is 0 Å². The molecule has 1 rings (SSSR count). The number of carboxylic acids is 1. The Labute approximate surface area is 106 Å². The quantitative estimate of drug-likeness (QED) is 0.675. The molecule has 0 aliphatic heterocycles. The summed E-state index contributed by atoms with van der Waals surface area (Å²) in [6.07, 6.45) is 1.38. The predicted octanol–water partition coefficient (Wildman–Crippen LogP) is 1.78. The van der Waals surface area contributed by atoms with Crippen LogP contribution in [0.2, 0.25) is 0 Å². The lowest BCUT2D eigenvalue weighted by Crippen LogP contribution is -2.40. The van der Waals surface area contributed by atoms with E-state index in [0.717, 1.165) is 0 Å². The summed E-state index contributed by atoms with van der Waals surface area (Å²) in [5.41, 5.74) is 10.6. The third-order valence-electron chi connectivity index (χ3n) is 3.18. The first-order valence-electron chi connectivity index (χ1n) is 5.92. The van der Waals surface area contributed by atoms with Crippen LogP contribution in [0, 0.1) is 11.2 Å². The zero-order chi connectivity index (χ0) is 13.8. The van der Waals surface area contributed by atoms with E-state index in [0.29, 0.717) is 18.4 Å². The minimum atomic E-state index is -1.03. The fraction of sp³-hybridized carbons (Fsp3) is 0.462. The highest BCUT2D eigenvalue weighted by Gasteiger charge is 2.36. The zero-order valence-electron chi connectivity index (χ0n) is 10.4. The van der Waals surface area contributed by atoms with Gasteiger partial charge in [-0.15, -0.1) is 0 Å². The maximum absolute atomic E-state index is 13.3. The Balaban J connectivity index is 3.02. The van der Waals surface area contributed by atoms with E-state index >= 15 is 0 Å². The van der Waals surface area contributed by atoms with E-state index < -0.39 is 17.2 Å². The molecule has 0 aliphatic rings. The number of rotatable bonds is 6. The van der Waals surface area contributed by atoms with Gasteiger partial charge in [0.05, 0.1) is 11.1 Å². The molecule has 0 aliphatic carbocycles. The molecular weight excluding hydrogens is 235 g/mol. The van der Waals surface area contributed by atoms with Crippen LogP contribution < -0.4 is 11.5 Å². The number of nitrogen functional groups attached to an aromatic ring is 1. The maximum Gasteiger partial charge on any atom is 0.311 e. The second-order valence-corrected chi connectivity index (χ2v) is 4.57. The van der Waals surface area contributed by atoms with Crippen molar-refractivity contribution in [2.75, 3.05) is 12.3 Å². The van der Waals surface area contributed by atoms with E-state index in [-0.39, 0.29) is 18.7 Å². The van der Waals surface area contributed by atoms with Gasteiger partial charge in [-0.25, -0.2) is 4.39 Å². The van der Waals surface area contributed by atoms with E-state index in [4.69, 9.17) is 11.5 Å². The molecule has 0 saturated carbocycles. The highest BCUT2D eigenvalue weighted by molar-refractivity contribution is 5.75. The van der Waals surface area contributed by atoms with Crippen LogP contribution in [0.3, 0.4) is 0 Å². The third-order valence-corrected chi connectivity index (χ3v) is 3.18. The van der Waals surface area contributed by atoms with Gasteiger partial charge in [0.15, 0.2) is 0 Å². The largest absolute Gasteiger partial charge is 0.481 e. The summed E-state index contributed by atoms with van der Waals surface area (Å²) in [6, 6.07) is 4.36. The average Bonchev–Trinajstić information content (AvgIpc) is 2.33. The zero-order valence-corrected chi connectivity index (χ0v) is 10.4. The average molecular weight is 254 g/mol. The van der Waals surface area contributed by atoms with Crippen LogP contribution in [0.4, 0.5) is 10.1 Å². The minimum Gasteiger partial charge on any atom is -0.481 e. The summed E-state index contributed by atoms with van der Waals surface area (Å²) >= 11 is 0. The maximum atomic E-state index is 13.3. The Bertz CT molecular complexity index is 437. The lowest BCUT2D eigenvalue weighted by molar-refractivity contribution is -0.148. The van der Waals surface area contributed by atoms with E-state index in [9.17, 15) is 14.3 Å². The van der Waals surface area contributed by atoms with Crippen molar-refractivity contribution in [3.05, 3.63) is 29.6 Å². The van der Waals surface area contributed by atoms with Gasteiger partial charge >= 0.3 is 5.97 Å². The third kappa shape index (κ3) is 2.98. The van der Waals surface area contributed by atoms with Crippen molar-refractivity contribution in [1.29, 1.82) is 0 Å². The van der Waals surface area contributed by atoms with Crippen LogP contribution >= 0.6 is 0 Å². The standard InChI is InChI=1S/C13H19FN2O2/c1-2-5-13(8-15,12(17)18)7-9-3-4-11(16)10(14)6-9/h3-4,6H,2,5,7-8,15-16H2,1H3,(H,17,18). The van der Waals surface area contributed by atoms with Crippen molar-refractivity contribution < 1.29 is 14.3 Å². The Morgan fingerprint density at radius 1 is 1.50 bits per heavy atom. The summed E-state index contributed by atoms with van der Waals surface area (Å²) < 4.78 is 13.3. The van der Waals surface area contributed by atoms with E-state index in [1.165, 1.54) is 12.1 Å². The number of nitrogens with two attached hydrogens (primary N) is 2. The first kappa shape index (κ1) is 14.4. The number of aliphatic carboxylic acids is 1. The second kappa shape index (κ2) is 5.82. The van der Waals surface area contributed by atoms with Gasteiger partial charge in [0.1, 0.15) is 5.82 Å². The fourth-order valence-electron chi connectivity index (χ4n) is 2.08. The van der Waals surface area contributed by atoms with Crippen molar-refractivity contribution >= 4 is 11.7 Å². The topological polar surface area (TPSA) is 89.3 Å². The lowest BCUT2D eigenvalue weighted by Gasteiger charge is -2.27. The van der Waals surface area contributed by atoms with Gasteiger partial charge in [-0.05, 0) is 30.5 Å². The van der Waals surface area contributed by atoms with Crippen molar-refractivity contribution in [3.63, 3.8) is 0 Å². The molecule has 0 amide bonds. The molecule has 0 fully saturated rings. The molecule has 1 aromatic carbocycles. The van der Waals surface area contributed by atoms with Crippen LogP contribution in [0.15, 0.2) is 18.2 Å². The molecule has 4 nitrogen and oxygen atoms in total. The summed E-state index contributed by atoms with van der Waals surface area (Å²) in [4.78, 5) is 11.4. The first-order chi connectivity index (χ1) is 8.45. The summed E-state index contributed by atoms with van der Waals surface area (Å²) in [5, 5.41) is 9.34. The Kier molecular flexibility index (Phi) is 4.67. The molecule has 0 aromatic heterocycles. The number of carbonyl (C=O) groups is 1. The van der Waals surface area contributed by atoms with Crippen LogP contribution in [-0.4, -0.2) is 17.6 Å². The Morgan fingerprint density at radius 2 is 2.17 bits per heavy atom. The molecule has 0 radical (unpaired) electrons. The number of hydrogen-bond acceptors (Lipinski definition) is 3. The molecule has 0 heterocycles. The molecule has 1 atom stereocenters. The van der Waals surface area contributed by atoms with Crippen LogP contribution in [0.25, 0.3) is 0 Å². The van der Waals surface area contributed by atoms with Gasteiger partial charge in [-0.3, -0.25) is 4.79 Å². The van der Waals surface area contributed by atoms with Crippen molar-refractivity contribution in [2.45, 2.75) is 26.2 Å². The van der Waals surface area contributed by atoms with Crippen LogP contribution in [-0.2, 0) is 11.2 Å². The number of benzene rings is 1. The van der Waals surface area contributed by atoms with Crippen molar-refractivity contribution in [3.8, 4) is 0 Å². The fourth-order valence-corrected chi connectivity index (χ4v) is 2.08. The van der Waals surface area contributed by atoms with Gasteiger partial charge in [-0.1, -0.05) is 19.4 Å². The minimum absolute atomic E-state index is 0.0299. The number of hydrogen-bond donors (Lipinski definition) is 3. The van der Waals surface area contributed by atoms with Crippen LogP contribution in [0.5, 0.6) is 0 Å². The number of halogens is 1. The lowest BCUT2D eigenvalue weighted by atomic mass is 9.78. The van der Waals surface area contributed by atoms with Gasteiger partial charge in [0.25, 0.3) is 0 Å². The molecular formula is C13H19FN2O2. The number of carboxylic acid groups (broad SMARTS) is 1. The predicted molar refractivity (Wildman–Crippen MR) is 68.5 cm³/mol. The summed E-state index contributed by atoms with van der Waals surface area (Å²) in [7, 11) is 0. The Hall–Kier alpha value is -1.62. The summed E-state index contributed by atoms with van der Waals surface area (Å²) in [6.45, 7) is 1.93. The highest BCUT2D eigenvalue weighted by atomic mass is 19.1. The molecule has 100 valence electrons. The van der Waals surface area contributed by atoms with Gasteiger partial charge in [0.2, 0.25) is 0 Å². The molecule has 18 heavy (non-hydrogen) atoms. The summed E-state index contributed by atoms with van der Waals surface area (Å²) in [5.74, 6) is -1.47. The van der Waals surface area contributed by atoms with Crippen molar-refractivity contribution in [2.24, 2.45) is 11.1 Å². The van der Waals surface area contributed by atoms with Crippen LogP contribution in [0.1, 0.15) is 25.3 Å². The monoisotopic (exact) mass is 254 g/mol. The first-order valence-corrected chi connectivity index (χ1v) is 5.92. The molecule has 0 spiro atoms. The van der Waals surface area contributed by atoms with Gasteiger partial charge < -0.3 is 16.6 Å². The molecule has 5 heteroatoms. The molecule has 1 unspecified atom stereocenters. The molecule has 0 saturated heterocycles. The van der Waals surface area contributed by atoms with E-state index in [1.54, 1.807) is 6.07 Å². The number of anilines is 1. The normalized spacial score (nSPS) is 14.2. The SMILES string of the molecule is CCCC(CN)(Cc1ccc(N)c(F)c1)C(=O)O. The Morgan fingerprint density at radius 3 is 2.61 bits per heavy atom. The van der Waals surface area contributed by atoms with E-state index in [1.807, 2.05) is 6.92 Å². The molecule has 1 aromatic rings. The molecule has 5 N–H and O–H groups in total. The van der Waals surface area contributed by atoms with Gasteiger partial charge in [-0.2, -0.15) is 0 Å². The second-order valence-electron chi connectivity index (χ2n) is 4.57. The smallest absolute Gasteiger partial charge is 0.311 e. The highest BCUT2D eigenvalue weighted by Crippen LogP contribution is 2.29.